The molecule has 0 saturated heterocycles. The molecule has 1 atom stereocenters. The monoisotopic (exact) mass is 322 g/mol. The fourth-order valence-electron chi connectivity index (χ4n) is 1.89. The highest BCUT2D eigenvalue weighted by molar-refractivity contribution is 7.92. The molecule has 0 N–H and O–H groups in total. The number of carbonyl (C=O) groups is 1. The van der Waals surface area contributed by atoms with E-state index in [4.69, 9.17) is 23.2 Å². The summed E-state index contributed by atoms with van der Waals surface area (Å²) in [5, 5.41) is -0.751. The minimum Gasteiger partial charge on any atom is -0.468 e. The van der Waals surface area contributed by atoms with E-state index in [0.717, 1.165) is 0 Å². The maximum absolute atomic E-state index is 12.5. The van der Waals surface area contributed by atoms with Crippen molar-refractivity contribution in [2.24, 2.45) is 5.92 Å². The van der Waals surface area contributed by atoms with Crippen LogP contribution in [-0.4, -0.2) is 26.7 Å². The predicted octanol–water partition coefficient (Wildman–Crippen LogP) is 2.72. The lowest BCUT2D eigenvalue weighted by Gasteiger charge is -2.15. The summed E-state index contributed by atoms with van der Waals surface area (Å²) in [4.78, 5) is 11.7. The molecule has 1 saturated carbocycles. The molecule has 0 heterocycles. The Morgan fingerprint density at radius 2 is 1.95 bits per heavy atom. The van der Waals surface area contributed by atoms with Gasteiger partial charge in [0.1, 0.15) is 0 Å². The number of benzene rings is 1. The largest absolute Gasteiger partial charge is 0.468 e. The first-order valence-electron chi connectivity index (χ1n) is 5.64. The molecule has 1 aliphatic carbocycles. The van der Waals surface area contributed by atoms with E-state index < -0.39 is 21.1 Å². The van der Waals surface area contributed by atoms with Crippen LogP contribution in [0.3, 0.4) is 0 Å². The van der Waals surface area contributed by atoms with Crippen LogP contribution in [-0.2, 0) is 19.4 Å². The normalized spacial score (nSPS) is 17.0. The van der Waals surface area contributed by atoms with Gasteiger partial charge in [0.2, 0.25) is 0 Å². The first kappa shape index (κ1) is 14.6. The van der Waals surface area contributed by atoms with E-state index in [1.54, 1.807) is 0 Å². The van der Waals surface area contributed by atoms with E-state index in [0.29, 0.717) is 12.8 Å². The van der Waals surface area contributed by atoms with Crippen LogP contribution in [0.4, 0.5) is 0 Å². The van der Waals surface area contributed by atoms with Crippen molar-refractivity contribution in [2.45, 2.75) is 23.0 Å². The summed E-state index contributed by atoms with van der Waals surface area (Å²) in [5.74, 6) is -0.902. The molecular formula is C12H12Cl2O4S. The first-order chi connectivity index (χ1) is 8.87. The van der Waals surface area contributed by atoms with Gasteiger partial charge in [-0.05, 0) is 37.0 Å². The third-order valence-electron chi connectivity index (χ3n) is 3.04. The maximum Gasteiger partial charge on any atom is 0.324 e. The van der Waals surface area contributed by atoms with Crippen molar-refractivity contribution >= 4 is 39.0 Å². The smallest absolute Gasteiger partial charge is 0.324 e. The van der Waals surface area contributed by atoms with Crippen molar-refractivity contribution in [3.05, 3.63) is 28.2 Å². The van der Waals surface area contributed by atoms with E-state index in [1.165, 1.54) is 25.3 Å². The van der Waals surface area contributed by atoms with Crippen LogP contribution in [0.2, 0.25) is 10.0 Å². The number of hydrogen-bond acceptors (Lipinski definition) is 4. The standard InChI is InChI=1S/C12H12Cl2O4S/c1-18-12(15)11(7-2-3-7)19(16,17)8-4-5-9(13)10(14)6-8/h4-7,11H,2-3H2,1H3. The molecule has 0 bridgehead atoms. The number of ether oxygens (including phenoxy) is 1. The Balaban J connectivity index is 2.44. The van der Waals surface area contributed by atoms with Gasteiger partial charge in [0.05, 0.1) is 22.1 Å². The van der Waals surface area contributed by atoms with Crippen LogP contribution in [0, 0.1) is 5.92 Å². The van der Waals surface area contributed by atoms with Gasteiger partial charge in [0.15, 0.2) is 15.1 Å². The second-order valence-corrected chi connectivity index (χ2v) is 7.29. The molecule has 1 aliphatic rings. The number of rotatable bonds is 4. The highest BCUT2D eigenvalue weighted by atomic mass is 35.5. The zero-order valence-electron chi connectivity index (χ0n) is 10.1. The molecule has 104 valence electrons. The molecule has 2 rings (SSSR count). The Morgan fingerprint density at radius 3 is 2.42 bits per heavy atom. The Labute approximate surface area is 121 Å². The van der Waals surface area contributed by atoms with Gasteiger partial charge in [-0.1, -0.05) is 23.2 Å². The molecule has 1 aromatic carbocycles. The van der Waals surface area contributed by atoms with Gasteiger partial charge in [0, 0.05) is 0 Å². The lowest BCUT2D eigenvalue weighted by atomic mass is 10.3. The molecule has 19 heavy (non-hydrogen) atoms. The Bertz CT molecular complexity index is 608. The van der Waals surface area contributed by atoms with E-state index in [-0.39, 0.29) is 20.9 Å². The van der Waals surface area contributed by atoms with Crippen molar-refractivity contribution in [3.63, 3.8) is 0 Å². The average Bonchev–Trinajstić information content (AvgIpc) is 3.16. The van der Waals surface area contributed by atoms with Gasteiger partial charge in [-0.15, -0.1) is 0 Å². The second kappa shape index (κ2) is 5.31. The first-order valence-corrected chi connectivity index (χ1v) is 7.95. The van der Waals surface area contributed by atoms with Crippen molar-refractivity contribution in [1.29, 1.82) is 0 Å². The molecule has 0 spiro atoms. The lowest BCUT2D eigenvalue weighted by molar-refractivity contribution is -0.140. The van der Waals surface area contributed by atoms with E-state index in [9.17, 15) is 13.2 Å². The molecule has 1 aromatic rings. The zero-order chi connectivity index (χ0) is 14.2. The fraction of sp³-hybridized carbons (Fsp3) is 0.417. The molecular weight excluding hydrogens is 311 g/mol. The summed E-state index contributed by atoms with van der Waals surface area (Å²) >= 11 is 11.6. The molecule has 7 heteroatoms. The summed E-state index contributed by atoms with van der Waals surface area (Å²) in [6.45, 7) is 0. The summed E-state index contributed by atoms with van der Waals surface area (Å²) < 4.78 is 29.5. The van der Waals surface area contributed by atoms with E-state index >= 15 is 0 Å². The number of methoxy groups -OCH3 is 1. The number of esters is 1. The number of hydrogen-bond donors (Lipinski definition) is 0. The quantitative estimate of drug-likeness (QED) is 0.800. The molecule has 4 nitrogen and oxygen atoms in total. The van der Waals surface area contributed by atoms with Gasteiger partial charge in [-0.3, -0.25) is 4.79 Å². The topological polar surface area (TPSA) is 60.4 Å². The molecule has 0 aliphatic heterocycles. The summed E-state index contributed by atoms with van der Waals surface area (Å²) in [6.07, 6.45) is 1.42. The number of halogens is 2. The van der Waals surface area contributed by atoms with Crippen LogP contribution in [0.25, 0.3) is 0 Å². The van der Waals surface area contributed by atoms with Crippen molar-refractivity contribution in [2.75, 3.05) is 7.11 Å². The third kappa shape index (κ3) is 2.88. The molecule has 1 unspecified atom stereocenters. The highest BCUT2D eigenvalue weighted by Crippen LogP contribution is 2.39. The second-order valence-electron chi connectivity index (χ2n) is 4.40. The van der Waals surface area contributed by atoms with Gasteiger partial charge in [-0.2, -0.15) is 0 Å². The summed E-state index contributed by atoms with van der Waals surface area (Å²) in [5.41, 5.74) is 0. The number of sulfone groups is 1. The van der Waals surface area contributed by atoms with Gasteiger partial charge >= 0.3 is 5.97 Å². The summed E-state index contributed by atoms with van der Waals surface area (Å²) in [7, 11) is -2.62. The molecule has 1 fully saturated rings. The molecule has 0 amide bonds. The number of carbonyl (C=O) groups excluding carboxylic acids is 1. The van der Waals surface area contributed by atoms with Crippen LogP contribution >= 0.6 is 23.2 Å². The van der Waals surface area contributed by atoms with Crippen LogP contribution < -0.4 is 0 Å². The minimum absolute atomic E-state index is 0.01000. The lowest BCUT2D eigenvalue weighted by Crippen LogP contribution is -2.33. The Morgan fingerprint density at radius 1 is 1.32 bits per heavy atom. The minimum atomic E-state index is -3.81. The van der Waals surface area contributed by atoms with Gasteiger partial charge in [0.25, 0.3) is 0 Å². The zero-order valence-corrected chi connectivity index (χ0v) is 12.4. The van der Waals surface area contributed by atoms with Crippen LogP contribution in [0.1, 0.15) is 12.8 Å². The van der Waals surface area contributed by atoms with E-state index in [1.807, 2.05) is 0 Å². The maximum atomic E-state index is 12.5. The van der Waals surface area contributed by atoms with Crippen molar-refractivity contribution < 1.29 is 17.9 Å². The van der Waals surface area contributed by atoms with Gasteiger partial charge in [-0.25, -0.2) is 8.42 Å². The fourth-order valence-corrected chi connectivity index (χ4v) is 4.21. The Hall–Kier alpha value is -0.780. The molecule has 0 radical (unpaired) electrons. The van der Waals surface area contributed by atoms with Gasteiger partial charge < -0.3 is 4.74 Å². The Kier molecular flexibility index (Phi) is 4.08. The highest BCUT2D eigenvalue weighted by Gasteiger charge is 2.46. The SMILES string of the molecule is COC(=O)C(C1CC1)S(=O)(=O)c1ccc(Cl)c(Cl)c1. The van der Waals surface area contributed by atoms with Crippen molar-refractivity contribution in [3.8, 4) is 0 Å². The third-order valence-corrected chi connectivity index (χ3v) is 5.93. The van der Waals surface area contributed by atoms with E-state index in [2.05, 4.69) is 4.74 Å². The van der Waals surface area contributed by atoms with Crippen molar-refractivity contribution in [1.82, 2.24) is 0 Å². The average molecular weight is 323 g/mol. The predicted molar refractivity (Wildman–Crippen MR) is 72.2 cm³/mol. The molecule has 0 aromatic heterocycles. The van der Waals surface area contributed by atoms with Crippen LogP contribution in [0.15, 0.2) is 23.1 Å². The summed E-state index contributed by atoms with van der Waals surface area (Å²) in [6, 6.07) is 4.01. The van der Waals surface area contributed by atoms with Crippen LogP contribution in [0.5, 0.6) is 0 Å².